The maximum Gasteiger partial charge on any atom is 0.325 e. The highest BCUT2D eigenvalue weighted by Gasteiger charge is 2.54. The number of rotatable bonds is 5. The lowest BCUT2D eigenvalue weighted by Gasteiger charge is -2.39. The third-order valence-corrected chi connectivity index (χ3v) is 6.88. The van der Waals surface area contributed by atoms with E-state index in [9.17, 15) is 14.4 Å². The minimum absolute atomic E-state index is 0.0909. The van der Waals surface area contributed by atoms with Crippen molar-refractivity contribution in [3.8, 4) is 0 Å². The second-order valence-electron chi connectivity index (χ2n) is 8.75. The van der Waals surface area contributed by atoms with E-state index in [4.69, 9.17) is 0 Å². The van der Waals surface area contributed by atoms with Gasteiger partial charge in [-0.1, -0.05) is 37.3 Å². The first-order chi connectivity index (χ1) is 14.5. The number of carbonyl (C=O) groups excluding carboxylic acids is 3. The standard InChI is InChI=1S/C23H32N4O3/c1-2-20(28)26-13-6-9-19(17-26)27-21(29)23(24-22(27)30)11-15-25(16-12-23)14-10-18-7-4-3-5-8-18/h3-5,7-8,19H,2,6,9-17H2,1H3,(H,24,30)/t19-/m1/s1. The summed E-state index contributed by atoms with van der Waals surface area (Å²) in [6, 6.07) is 9.93. The van der Waals surface area contributed by atoms with E-state index in [1.54, 1.807) is 4.90 Å². The second-order valence-corrected chi connectivity index (χ2v) is 8.75. The van der Waals surface area contributed by atoms with Gasteiger partial charge in [0.25, 0.3) is 5.91 Å². The van der Waals surface area contributed by atoms with Gasteiger partial charge < -0.3 is 15.1 Å². The Morgan fingerprint density at radius 1 is 1.13 bits per heavy atom. The lowest BCUT2D eigenvalue weighted by molar-refractivity contribution is -0.139. The molecule has 3 aliphatic heterocycles. The molecule has 0 aromatic heterocycles. The average Bonchev–Trinajstić information content (AvgIpc) is 3.02. The first-order valence-electron chi connectivity index (χ1n) is 11.2. The molecular weight excluding hydrogens is 380 g/mol. The Hall–Kier alpha value is -2.41. The average molecular weight is 413 g/mol. The monoisotopic (exact) mass is 412 g/mol. The summed E-state index contributed by atoms with van der Waals surface area (Å²) in [6.07, 6.45) is 4.33. The number of hydrogen-bond acceptors (Lipinski definition) is 4. The van der Waals surface area contributed by atoms with Crippen LogP contribution in [0.4, 0.5) is 4.79 Å². The molecular formula is C23H32N4O3. The van der Waals surface area contributed by atoms with E-state index in [1.807, 2.05) is 13.0 Å². The van der Waals surface area contributed by atoms with Gasteiger partial charge in [0.05, 0.1) is 6.04 Å². The van der Waals surface area contributed by atoms with Crippen LogP contribution < -0.4 is 5.32 Å². The van der Waals surface area contributed by atoms with E-state index < -0.39 is 5.54 Å². The van der Waals surface area contributed by atoms with Crippen molar-refractivity contribution >= 4 is 17.8 Å². The number of piperidine rings is 2. The van der Waals surface area contributed by atoms with Crippen LogP contribution in [0.15, 0.2) is 30.3 Å². The molecule has 30 heavy (non-hydrogen) atoms. The molecule has 0 saturated carbocycles. The van der Waals surface area contributed by atoms with Crippen LogP contribution in [0.25, 0.3) is 0 Å². The number of urea groups is 1. The topological polar surface area (TPSA) is 73.0 Å². The number of benzene rings is 1. The number of likely N-dealkylation sites (tertiary alicyclic amines) is 2. The van der Waals surface area contributed by atoms with Crippen LogP contribution in [0.1, 0.15) is 44.6 Å². The van der Waals surface area contributed by atoms with E-state index in [-0.39, 0.29) is 23.9 Å². The largest absolute Gasteiger partial charge is 0.341 e. The Morgan fingerprint density at radius 2 is 1.87 bits per heavy atom. The van der Waals surface area contributed by atoms with Crippen molar-refractivity contribution in [1.82, 2.24) is 20.0 Å². The molecule has 1 spiro atoms. The van der Waals surface area contributed by atoms with Crippen LogP contribution >= 0.6 is 0 Å². The van der Waals surface area contributed by atoms with Crippen LogP contribution in [-0.2, 0) is 16.0 Å². The van der Waals surface area contributed by atoms with Gasteiger partial charge in [-0.2, -0.15) is 0 Å². The van der Waals surface area contributed by atoms with Gasteiger partial charge in [-0.05, 0) is 37.7 Å². The molecule has 3 heterocycles. The number of carbonyl (C=O) groups is 3. The molecule has 4 amide bonds. The normalized spacial score (nSPS) is 24.4. The van der Waals surface area contributed by atoms with Crippen molar-refractivity contribution in [2.24, 2.45) is 0 Å². The molecule has 1 atom stereocenters. The number of amides is 4. The summed E-state index contributed by atoms with van der Waals surface area (Å²) in [5.74, 6) is -0.000742. The fraction of sp³-hybridized carbons (Fsp3) is 0.609. The fourth-order valence-electron chi connectivity index (χ4n) is 5.02. The van der Waals surface area contributed by atoms with E-state index in [0.717, 1.165) is 38.9 Å². The minimum atomic E-state index is -0.766. The molecule has 7 heteroatoms. The molecule has 3 fully saturated rings. The van der Waals surface area contributed by atoms with Gasteiger partial charge in [0, 0.05) is 39.1 Å². The maximum absolute atomic E-state index is 13.3. The molecule has 1 N–H and O–H groups in total. The van der Waals surface area contributed by atoms with Crippen molar-refractivity contribution in [2.75, 3.05) is 32.7 Å². The Balaban J connectivity index is 1.35. The summed E-state index contributed by atoms with van der Waals surface area (Å²) in [7, 11) is 0. The van der Waals surface area contributed by atoms with Crippen molar-refractivity contribution < 1.29 is 14.4 Å². The van der Waals surface area contributed by atoms with Gasteiger partial charge in [-0.15, -0.1) is 0 Å². The summed E-state index contributed by atoms with van der Waals surface area (Å²) >= 11 is 0. The molecule has 0 radical (unpaired) electrons. The first kappa shape index (κ1) is 20.8. The van der Waals surface area contributed by atoms with Gasteiger partial charge in [-0.3, -0.25) is 14.5 Å². The lowest BCUT2D eigenvalue weighted by Crippen LogP contribution is -2.56. The predicted octanol–water partition coefficient (Wildman–Crippen LogP) is 2.02. The van der Waals surface area contributed by atoms with Crippen LogP contribution in [0, 0.1) is 0 Å². The molecule has 3 saturated heterocycles. The zero-order valence-corrected chi connectivity index (χ0v) is 17.8. The van der Waals surface area contributed by atoms with Crippen LogP contribution in [0.3, 0.4) is 0 Å². The molecule has 7 nitrogen and oxygen atoms in total. The molecule has 162 valence electrons. The zero-order chi connectivity index (χ0) is 21.1. The summed E-state index contributed by atoms with van der Waals surface area (Å²) < 4.78 is 0. The van der Waals surface area contributed by atoms with E-state index >= 15 is 0 Å². The predicted molar refractivity (Wildman–Crippen MR) is 114 cm³/mol. The third-order valence-electron chi connectivity index (χ3n) is 6.88. The molecule has 1 aromatic rings. The lowest BCUT2D eigenvalue weighted by atomic mass is 9.87. The van der Waals surface area contributed by atoms with Crippen molar-refractivity contribution in [2.45, 2.75) is 57.0 Å². The van der Waals surface area contributed by atoms with Crippen LogP contribution in [0.2, 0.25) is 0 Å². The Kier molecular flexibility index (Phi) is 6.09. The van der Waals surface area contributed by atoms with Crippen LogP contribution in [-0.4, -0.2) is 76.8 Å². The second kappa shape index (κ2) is 8.76. The van der Waals surface area contributed by atoms with Crippen molar-refractivity contribution in [3.05, 3.63) is 35.9 Å². The van der Waals surface area contributed by atoms with Crippen molar-refractivity contribution in [1.29, 1.82) is 0 Å². The van der Waals surface area contributed by atoms with E-state index in [2.05, 4.69) is 34.5 Å². The summed E-state index contributed by atoms with van der Waals surface area (Å²) in [6.45, 7) is 5.60. The number of imide groups is 1. The van der Waals surface area contributed by atoms with Gasteiger partial charge >= 0.3 is 6.03 Å². The summed E-state index contributed by atoms with van der Waals surface area (Å²) in [5, 5.41) is 3.03. The molecule has 0 unspecified atom stereocenters. The number of nitrogens with one attached hydrogen (secondary N) is 1. The van der Waals surface area contributed by atoms with E-state index in [1.165, 1.54) is 10.5 Å². The Labute approximate surface area is 178 Å². The first-order valence-corrected chi connectivity index (χ1v) is 11.2. The van der Waals surface area contributed by atoms with Gasteiger partial charge in [0.1, 0.15) is 5.54 Å². The van der Waals surface area contributed by atoms with E-state index in [0.29, 0.717) is 32.4 Å². The van der Waals surface area contributed by atoms with Gasteiger partial charge in [-0.25, -0.2) is 4.79 Å². The summed E-state index contributed by atoms with van der Waals surface area (Å²) in [5.41, 5.74) is 0.551. The maximum atomic E-state index is 13.3. The van der Waals surface area contributed by atoms with Crippen LogP contribution in [0.5, 0.6) is 0 Å². The quantitative estimate of drug-likeness (QED) is 0.751. The Bertz CT molecular complexity index is 789. The Morgan fingerprint density at radius 3 is 2.57 bits per heavy atom. The van der Waals surface area contributed by atoms with Gasteiger partial charge in [0.2, 0.25) is 5.91 Å². The van der Waals surface area contributed by atoms with Gasteiger partial charge in [0.15, 0.2) is 0 Å². The highest BCUT2D eigenvalue weighted by molar-refractivity contribution is 6.07. The molecule has 0 bridgehead atoms. The minimum Gasteiger partial charge on any atom is -0.341 e. The zero-order valence-electron chi connectivity index (χ0n) is 17.8. The smallest absolute Gasteiger partial charge is 0.325 e. The molecule has 3 aliphatic rings. The SMILES string of the molecule is CCC(=O)N1CCC[C@@H](N2C(=O)NC3(CCN(CCc4ccccc4)CC3)C2=O)C1. The number of hydrogen-bond donors (Lipinski definition) is 1. The van der Waals surface area contributed by atoms with Crippen molar-refractivity contribution in [3.63, 3.8) is 0 Å². The molecule has 1 aromatic carbocycles. The third kappa shape index (κ3) is 4.08. The fourth-order valence-corrected chi connectivity index (χ4v) is 5.02. The number of nitrogens with zero attached hydrogens (tertiary/aromatic N) is 3. The highest BCUT2D eigenvalue weighted by atomic mass is 16.2. The summed E-state index contributed by atoms with van der Waals surface area (Å²) in [4.78, 5) is 43.8. The molecule has 0 aliphatic carbocycles. The molecule has 4 rings (SSSR count). The highest BCUT2D eigenvalue weighted by Crippen LogP contribution is 2.32.